The van der Waals surface area contributed by atoms with Gasteiger partial charge in [-0.25, -0.2) is 18.4 Å². The molecule has 310 valence electrons. The number of aromatic nitrogens is 2. The van der Waals surface area contributed by atoms with Crippen molar-refractivity contribution < 1.29 is 41.7 Å². The second-order valence-electron chi connectivity index (χ2n) is 15.7. The Bertz CT molecular complexity index is 2370. The van der Waals surface area contributed by atoms with Gasteiger partial charge in [-0.2, -0.15) is 0 Å². The van der Waals surface area contributed by atoms with E-state index >= 15 is 0 Å². The fourth-order valence-corrected chi connectivity index (χ4v) is 10.4. The number of nitrogens with zero attached hydrogens (tertiary/aromatic N) is 3. The van der Waals surface area contributed by atoms with E-state index < -0.39 is 62.1 Å². The highest BCUT2D eigenvalue weighted by molar-refractivity contribution is 14.1. The number of likely N-dealkylation sites (tertiary alicyclic amines) is 1. The van der Waals surface area contributed by atoms with Crippen molar-refractivity contribution in [1.82, 2.24) is 24.9 Å². The minimum Gasteiger partial charge on any atom is -0.497 e. The number of carbonyl (C=O) groups excluding carboxylic acids is 3. The zero-order valence-corrected chi connectivity index (χ0v) is 37.2. The van der Waals surface area contributed by atoms with Crippen LogP contribution >= 0.6 is 45.5 Å². The summed E-state index contributed by atoms with van der Waals surface area (Å²) in [6, 6.07) is 8.65. The van der Waals surface area contributed by atoms with Gasteiger partial charge in [0.25, 0.3) is 5.91 Å². The van der Waals surface area contributed by atoms with Gasteiger partial charge in [0.05, 0.1) is 45.0 Å². The Balaban J connectivity index is 1.19. The van der Waals surface area contributed by atoms with E-state index in [1.54, 1.807) is 44.6 Å². The lowest BCUT2D eigenvalue weighted by molar-refractivity contribution is -0.141. The lowest BCUT2D eigenvalue weighted by Gasteiger charge is -2.35. The third-order valence-electron chi connectivity index (χ3n) is 10.5. The summed E-state index contributed by atoms with van der Waals surface area (Å²) in [5, 5.41) is 9.63. The minimum atomic E-state index is -3.87. The van der Waals surface area contributed by atoms with Crippen LogP contribution in [-0.4, -0.2) is 102 Å². The largest absolute Gasteiger partial charge is 0.497 e. The van der Waals surface area contributed by atoms with Gasteiger partial charge in [-0.3, -0.25) is 19.1 Å². The van der Waals surface area contributed by atoms with E-state index in [0.717, 1.165) is 0 Å². The molecule has 0 spiro atoms. The third kappa shape index (κ3) is 8.47. The maximum absolute atomic E-state index is 14.9. The number of halogens is 2. The molecule has 1 saturated heterocycles. The molecule has 2 saturated carbocycles. The van der Waals surface area contributed by atoms with Gasteiger partial charge in [0.1, 0.15) is 41.0 Å². The van der Waals surface area contributed by atoms with Crippen LogP contribution < -0.4 is 34.3 Å². The van der Waals surface area contributed by atoms with E-state index in [1.165, 1.54) is 29.5 Å². The van der Waals surface area contributed by atoms with Crippen molar-refractivity contribution in [2.24, 2.45) is 5.41 Å². The maximum atomic E-state index is 14.9. The number of thiazole rings is 1. The lowest BCUT2D eigenvalue weighted by Crippen LogP contribution is -2.58. The highest BCUT2D eigenvalue weighted by Crippen LogP contribution is 2.45. The normalized spacial score (nSPS) is 22.2. The van der Waals surface area contributed by atoms with E-state index in [1.807, 2.05) is 54.8 Å². The molecular formula is C39H44ClIN6O9S2. The SMILES string of the molecule is COc1ccc(OC)c(-c2csc(N[C@H](C(=O)N3C[C@H](Oc4ncc(OC)c5ccc(Cl)cc45)C[C@H]3C(=O)N[C@]3(C(=O)NS(=O)(=O)C4CC4)C[C@H]3I)C(C)(C)C)n2)c1. The van der Waals surface area contributed by atoms with Crippen molar-refractivity contribution >= 4 is 89.2 Å². The average molecular weight is 967 g/mol. The van der Waals surface area contributed by atoms with Crippen LogP contribution in [0.2, 0.25) is 5.02 Å². The number of sulfonamides is 1. The van der Waals surface area contributed by atoms with E-state index in [9.17, 15) is 22.8 Å². The summed E-state index contributed by atoms with van der Waals surface area (Å²) in [4.78, 5) is 53.6. The molecule has 19 heteroatoms. The highest BCUT2D eigenvalue weighted by Gasteiger charge is 2.62. The Morgan fingerprint density at radius 2 is 1.76 bits per heavy atom. The van der Waals surface area contributed by atoms with Crippen molar-refractivity contribution in [3.8, 4) is 34.4 Å². The summed E-state index contributed by atoms with van der Waals surface area (Å²) in [6.45, 7) is 5.71. The Labute approximate surface area is 359 Å². The van der Waals surface area contributed by atoms with Crippen LogP contribution in [0.25, 0.3) is 22.0 Å². The van der Waals surface area contributed by atoms with Crippen LogP contribution in [0.1, 0.15) is 46.5 Å². The van der Waals surface area contributed by atoms with Crippen molar-refractivity contribution in [2.45, 2.75) is 79.4 Å². The molecule has 15 nitrogen and oxygen atoms in total. The van der Waals surface area contributed by atoms with Crippen molar-refractivity contribution in [3.05, 3.63) is 53.0 Å². The maximum Gasteiger partial charge on any atom is 0.260 e. The number of hydrogen-bond donors (Lipinski definition) is 3. The number of alkyl halides is 1. The number of benzene rings is 2. The molecule has 1 aliphatic heterocycles. The van der Waals surface area contributed by atoms with Gasteiger partial charge in [-0.15, -0.1) is 11.3 Å². The molecule has 3 aliphatic rings. The predicted octanol–water partition coefficient (Wildman–Crippen LogP) is 5.58. The molecule has 3 N–H and O–H groups in total. The number of hydrogen-bond acceptors (Lipinski definition) is 13. The fraction of sp³-hybridized carbons (Fsp3) is 0.462. The van der Waals surface area contributed by atoms with E-state index in [-0.39, 0.29) is 29.2 Å². The van der Waals surface area contributed by atoms with E-state index in [4.69, 9.17) is 35.5 Å². The molecule has 58 heavy (non-hydrogen) atoms. The monoisotopic (exact) mass is 966 g/mol. The summed E-state index contributed by atoms with van der Waals surface area (Å²) >= 11 is 9.72. The topological polar surface area (TPSA) is 187 Å². The molecule has 2 aromatic heterocycles. The minimum absolute atomic E-state index is 0.00596. The van der Waals surface area contributed by atoms with Crippen molar-refractivity contribution in [2.75, 3.05) is 33.2 Å². The van der Waals surface area contributed by atoms with Crippen LogP contribution in [0.3, 0.4) is 0 Å². The third-order valence-corrected chi connectivity index (χ3v) is 14.8. The lowest BCUT2D eigenvalue weighted by atomic mass is 9.85. The van der Waals surface area contributed by atoms with Crippen molar-refractivity contribution in [1.29, 1.82) is 0 Å². The number of ether oxygens (including phenoxy) is 4. The molecule has 7 rings (SSSR count). The summed E-state index contributed by atoms with van der Waals surface area (Å²) in [7, 11) is 0.805. The number of rotatable bonds is 14. The molecule has 4 aromatic rings. The van der Waals surface area contributed by atoms with Crippen LogP contribution in [0.5, 0.6) is 23.1 Å². The van der Waals surface area contributed by atoms with E-state index in [2.05, 4.69) is 20.3 Å². The van der Waals surface area contributed by atoms with Gasteiger partial charge in [0.15, 0.2) is 5.13 Å². The molecule has 3 fully saturated rings. The smallest absolute Gasteiger partial charge is 0.260 e. The van der Waals surface area contributed by atoms with Gasteiger partial charge in [-0.05, 0) is 61.1 Å². The Kier molecular flexibility index (Phi) is 11.7. The molecule has 2 aromatic carbocycles. The summed E-state index contributed by atoms with van der Waals surface area (Å²) < 4.78 is 50.3. The van der Waals surface area contributed by atoms with Gasteiger partial charge in [0, 0.05) is 37.1 Å². The van der Waals surface area contributed by atoms with Crippen molar-refractivity contribution in [3.63, 3.8) is 0 Å². The first-order valence-electron chi connectivity index (χ1n) is 18.5. The second-order valence-corrected chi connectivity index (χ2v) is 20.4. The fourth-order valence-electron chi connectivity index (χ4n) is 7.00. The molecule has 0 radical (unpaired) electrons. The average Bonchev–Trinajstić information content (AvgIpc) is 4.05. The molecule has 0 unspecified atom stereocenters. The first-order chi connectivity index (χ1) is 27.5. The molecule has 2 aliphatic carbocycles. The molecule has 3 amide bonds. The second kappa shape index (κ2) is 16.1. The molecule has 0 bridgehead atoms. The summed E-state index contributed by atoms with van der Waals surface area (Å²) in [5.41, 5.74) is -0.834. The van der Waals surface area contributed by atoms with Gasteiger partial charge >= 0.3 is 0 Å². The molecular weight excluding hydrogens is 923 g/mol. The zero-order valence-electron chi connectivity index (χ0n) is 32.6. The predicted molar refractivity (Wildman–Crippen MR) is 229 cm³/mol. The molecule has 3 heterocycles. The number of fused-ring (bicyclic) bond motifs is 1. The van der Waals surface area contributed by atoms with E-state index in [0.29, 0.717) is 62.3 Å². The number of nitrogens with one attached hydrogen (secondary N) is 3. The number of anilines is 1. The summed E-state index contributed by atoms with van der Waals surface area (Å²) in [5.74, 6) is 0.175. The first kappa shape index (κ1) is 42.0. The van der Waals surface area contributed by atoms with Gasteiger partial charge in [0.2, 0.25) is 27.7 Å². The zero-order chi connectivity index (χ0) is 41.7. The Morgan fingerprint density at radius 3 is 2.40 bits per heavy atom. The number of methoxy groups -OCH3 is 3. The number of carbonyl (C=O) groups is 3. The number of pyridine rings is 1. The first-order valence-corrected chi connectivity index (χ1v) is 22.6. The quantitative estimate of drug-likeness (QED) is 0.105. The Morgan fingerprint density at radius 1 is 1.03 bits per heavy atom. The Hall–Kier alpha value is -4.14. The highest BCUT2D eigenvalue weighted by atomic mass is 127. The van der Waals surface area contributed by atoms with Crippen LogP contribution in [0.15, 0.2) is 48.0 Å². The van der Waals surface area contributed by atoms with Crippen LogP contribution in [0.4, 0.5) is 5.13 Å². The summed E-state index contributed by atoms with van der Waals surface area (Å²) in [6.07, 6.45) is 2.03. The van der Waals surface area contributed by atoms with Gasteiger partial charge in [-0.1, -0.05) is 55.0 Å². The standard InChI is InChI=1S/C39H44ClIN6O9S2/c1-38(2,3)32(44-37-43-27(19-57-37)26-14-21(53-4)8-12-29(26)54-5)35(49)47-18-22(56-34-25-13-20(40)7-11-24(25)30(55-6)17-42-34)15-28(47)33(48)45-39(16-31(39)41)36(50)46-58(51,52)23-9-10-23/h7-8,11-14,17,19,22-23,28,31-32H,9-10,15-16,18H2,1-6H3,(H,43,44)(H,45,48)(H,46,50)/t22-,28+,31-,32-,39-/m1/s1. The van der Waals surface area contributed by atoms with Crippen LogP contribution in [-0.2, 0) is 24.4 Å². The molecule has 5 atom stereocenters. The number of amides is 3. The van der Waals surface area contributed by atoms with Gasteiger partial charge < -0.3 is 34.5 Å². The van der Waals surface area contributed by atoms with Crippen LogP contribution in [0, 0.1) is 5.41 Å².